The number of benzene rings is 1. The number of phenolic OH excluding ortho intramolecular Hbond substituents is 1. The molecule has 0 amide bonds. The zero-order valence-electron chi connectivity index (χ0n) is 9.48. The first-order chi connectivity index (χ1) is 9.08. The van der Waals surface area contributed by atoms with Crippen molar-refractivity contribution in [3.05, 3.63) is 48.0 Å². The van der Waals surface area contributed by atoms with Gasteiger partial charge in [-0.05, 0) is 12.1 Å². The molecule has 0 aliphatic heterocycles. The van der Waals surface area contributed by atoms with Gasteiger partial charge in [0.1, 0.15) is 0 Å². The molecule has 0 saturated carbocycles. The van der Waals surface area contributed by atoms with Gasteiger partial charge in [-0.15, -0.1) is 0 Å². The quantitative estimate of drug-likeness (QED) is 0.628. The summed E-state index contributed by atoms with van der Waals surface area (Å²) in [5.41, 5.74) is -0.630. The van der Waals surface area contributed by atoms with E-state index in [9.17, 15) is 14.7 Å². The highest BCUT2D eigenvalue weighted by Crippen LogP contribution is 2.24. The van der Waals surface area contributed by atoms with Gasteiger partial charge in [-0.3, -0.25) is 4.98 Å². The fourth-order valence-corrected chi connectivity index (χ4v) is 1.26. The summed E-state index contributed by atoms with van der Waals surface area (Å²) in [5, 5.41) is 18.2. The molecule has 7 nitrogen and oxygen atoms in total. The predicted octanol–water partition coefficient (Wildman–Crippen LogP) is 1.10. The monoisotopic (exact) mass is 260 g/mol. The van der Waals surface area contributed by atoms with Crippen LogP contribution in [0.5, 0.6) is 11.5 Å². The third-order valence-electron chi connectivity index (χ3n) is 2.13. The van der Waals surface area contributed by atoms with Gasteiger partial charge in [0.25, 0.3) is 0 Å². The van der Waals surface area contributed by atoms with Crippen LogP contribution in [0.15, 0.2) is 36.7 Å². The molecule has 0 bridgehead atoms. The largest absolute Gasteiger partial charge is 0.504 e. The minimum Gasteiger partial charge on any atom is -0.504 e. The summed E-state index contributed by atoms with van der Waals surface area (Å²) in [6.45, 7) is 0. The zero-order valence-corrected chi connectivity index (χ0v) is 9.48. The van der Waals surface area contributed by atoms with Gasteiger partial charge in [0, 0.05) is 0 Å². The lowest BCUT2D eigenvalue weighted by Crippen LogP contribution is -2.13. The summed E-state index contributed by atoms with van der Waals surface area (Å²) >= 11 is 0. The summed E-state index contributed by atoms with van der Waals surface area (Å²) in [4.78, 5) is 29.6. The van der Waals surface area contributed by atoms with Crippen molar-refractivity contribution in [1.29, 1.82) is 0 Å². The number of hydrogen-bond donors (Lipinski definition) is 2. The van der Waals surface area contributed by atoms with E-state index in [1.54, 1.807) is 12.1 Å². The Morgan fingerprint density at radius 1 is 1.11 bits per heavy atom. The molecule has 1 aromatic heterocycles. The molecule has 19 heavy (non-hydrogen) atoms. The van der Waals surface area contributed by atoms with E-state index in [4.69, 9.17) is 9.84 Å². The number of aromatic carboxylic acids is 1. The Morgan fingerprint density at radius 3 is 2.47 bits per heavy atom. The van der Waals surface area contributed by atoms with E-state index in [1.165, 1.54) is 12.1 Å². The maximum absolute atomic E-state index is 11.7. The van der Waals surface area contributed by atoms with Crippen molar-refractivity contribution in [2.45, 2.75) is 0 Å². The summed E-state index contributed by atoms with van der Waals surface area (Å²) in [6.07, 6.45) is 2.09. The number of carboxylic acids is 1. The van der Waals surface area contributed by atoms with Crippen molar-refractivity contribution in [2.75, 3.05) is 0 Å². The average molecular weight is 260 g/mol. The minimum atomic E-state index is -1.30. The fourth-order valence-electron chi connectivity index (χ4n) is 1.26. The van der Waals surface area contributed by atoms with Crippen LogP contribution in [0.3, 0.4) is 0 Å². The van der Waals surface area contributed by atoms with Gasteiger partial charge in [0.05, 0.1) is 12.4 Å². The highest BCUT2D eigenvalue weighted by atomic mass is 16.5. The Hall–Kier alpha value is -2.96. The molecule has 0 unspecified atom stereocenters. The van der Waals surface area contributed by atoms with Crippen LogP contribution < -0.4 is 4.74 Å². The highest BCUT2D eigenvalue weighted by Gasteiger charge is 2.15. The number of ether oxygens (including phenoxy) is 1. The van der Waals surface area contributed by atoms with E-state index < -0.39 is 11.9 Å². The Kier molecular flexibility index (Phi) is 3.37. The van der Waals surface area contributed by atoms with Crippen LogP contribution in [-0.4, -0.2) is 32.1 Å². The van der Waals surface area contributed by atoms with Crippen LogP contribution >= 0.6 is 0 Å². The molecule has 0 atom stereocenters. The van der Waals surface area contributed by atoms with Crippen molar-refractivity contribution in [1.82, 2.24) is 9.97 Å². The average Bonchev–Trinajstić information content (AvgIpc) is 2.41. The number of phenols is 1. The van der Waals surface area contributed by atoms with Gasteiger partial charge >= 0.3 is 11.9 Å². The van der Waals surface area contributed by atoms with Crippen LogP contribution in [0.1, 0.15) is 21.0 Å². The molecule has 2 aromatic rings. The number of nitrogens with zero attached hydrogens (tertiary/aromatic N) is 2. The summed E-state index contributed by atoms with van der Waals surface area (Å²) in [6, 6.07) is 5.88. The molecule has 1 aromatic carbocycles. The van der Waals surface area contributed by atoms with Crippen LogP contribution in [-0.2, 0) is 0 Å². The molecular weight excluding hydrogens is 252 g/mol. The van der Waals surface area contributed by atoms with Gasteiger partial charge in [-0.1, -0.05) is 12.1 Å². The predicted molar refractivity (Wildman–Crippen MR) is 62.1 cm³/mol. The van der Waals surface area contributed by atoms with E-state index in [0.717, 1.165) is 12.4 Å². The Balaban J connectivity index is 2.23. The number of hydrogen-bond acceptors (Lipinski definition) is 6. The molecule has 0 aliphatic carbocycles. The normalized spacial score (nSPS) is 9.89. The second-order valence-electron chi connectivity index (χ2n) is 3.45. The van der Waals surface area contributed by atoms with Gasteiger partial charge < -0.3 is 14.9 Å². The van der Waals surface area contributed by atoms with E-state index in [1.807, 2.05) is 0 Å². The van der Waals surface area contributed by atoms with Gasteiger partial charge in [-0.2, -0.15) is 0 Å². The molecule has 0 fully saturated rings. The third-order valence-corrected chi connectivity index (χ3v) is 2.13. The molecule has 0 saturated heterocycles. The smallest absolute Gasteiger partial charge is 0.364 e. The van der Waals surface area contributed by atoms with E-state index in [0.29, 0.717) is 0 Å². The van der Waals surface area contributed by atoms with Crippen LogP contribution in [0, 0.1) is 0 Å². The fraction of sp³-hybridized carbons (Fsp3) is 0. The first kappa shape index (κ1) is 12.5. The van der Waals surface area contributed by atoms with Crippen LogP contribution in [0.4, 0.5) is 0 Å². The van der Waals surface area contributed by atoms with Gasteiger partial charge in [0.15, 0.2) is 22.9 Å². The SMILES string of the molecule is O=C(O)c1cncc(C(=O)Oc2ccccc2O)n1. The second-order valence-corrected chi connectivity index (χ2v) is 3.45. The number of para-hydroxylation sites is 2. The number of carboxylic acid groups (broad SMARTS) is 1. The summed E-state index contributed by atoms with van der Waals surface area (Å²) in [5.74, 6) is -2.46. The number of esters is 1. The van der Waals surface area contributed by atoms with Gasteiger partial charge in [-0.25, -0.2) is 14.6 Å². The van der Waals surface area contributed by atoms with Crippen molar-refractivity contribution >= 4 is 11.9 Å². The number of aromatic nitrogens is 2. The van der Waals surface area contributed by atoms with Crippen molar-refractivity contribution in [3.8, 4) is 11.5 Å². The van der Waals surface area contributed by atoms with Crippen molar-refractivity contribution in [3.63, 3.8) is 0 Å². The lowest BCUT2D eigenvalue weighted by Gasteiger charge is -2.05. The first-order valence-electron chi connectivity index (χ1n) is 5.13. The van der Waals surface area contributed by atoms with Crippen LogP contribution in [0.25, 0.3) is 0 Å². The Morgan fingerprint density at radius 2 is 1.79 bits per heavy atom. The van der Waals surface area contributed by atoms with E-state index in [2.05, 4.69) is 9.97 Å². The molecule has 7 heteroatoms. The maximum atomic E-state index is 11.7. The topological polar surface area (TPSA) is 110 Å². The Bertz CT molecular complexity index is 642. The van der Waals surface area contributed by atoms with Gasteiger partial charge in [0.2, 0.25) is 0 Å². The molecule has 2 N–H and O–H groups in total. The maximum Gasteiger partial charge on any atom is 0.364 e. The zero-order chi connectivity index (χ0) is 13.8. The summed E-state index contributed by atoms with van der Waals surface area (Å²) in [7, 11) is 0. The molecular formula is C12H8N2O5. The molecule has 0 spiro atoms. The standard InChI is InChI=1S/C12H8N2O5/c15-9-3-1-2-4-10(9)19-12(18)8-6-13-5-7(14-8)11(16)17/h1-6,15H,(H,16,17). The number of aromatic hydroxyl groups is 1. The molecule has 96 valence electrons. The summed E-state index contributed by atoms with van der Waals surface area (Å²) < 4.78 is 4.88. The number of rotatable bonds is 3. The number of carbonyl (C=O) groups excluding carboxylic acids is 1. The van der Waals surface area contributed by atoms with Crippen molar-refractivity contribution < 1.29 is 24.5 Å². The lowest BCUT2D eigenvalue weighted by molar-refractivity contribution is 0.0688. The molecule has 0 radical (unpaired) electrons. The van der Waals surface area contributed by atoms with E-state index >= 15 is 0 Å². The number of carbonyl (C=O) groups is 2. The first-order valence-corrected chi connectivity index (χ1v) is 5.13. The second kappa shape index (κ2) is 5.13. The Labute approximate surface area is 107 Å². The minimum absolute atomic E-state index is 0.0463. The third kappa shape index (κ3) is 2.83. The molecule has 1 heterocycles. The van der Waals surface area contributed by atoms with Crippen LogP contribution in [0.2, 0.25) is 0 Å². The highest BCUT2D eigenvalue weighted by molar-refractivity contribution is 5.91. The van der Waals surface area contributed by atoms with E-state index in [-0.39, 0.29) is 22.9 Å². The lowest BCUT2D eigenvalue weighted by atomic mass is 10.3. The molecule has 2 rings (SSSR count). The van der Waals surface area contributed by atoms with Crippen molar-refractivity contribution in [2.24, 2.45) is 0 Å². The molecule has 0 aliphatic rings.